The van der Waals surface area contributed by atoms with Crippen molar-refractivity contribution >= 4 is 17.5 Å². The SMILES string of the molecule is CC(C)C(=O)CCC(C(=O)O)C1C(O)CC2(C)C3=CCC4C(C)(C)C(=O)CCC4(C)C3=CCC12C. The minimum absolute atomic E-state index is 0.0749. The highest BCUT2D eigenvalue weighted by molar-refractivity contribution is 5.86. The topological polar surface area (TPSA) is 91.7 Å². The Bertz CT molecular complexity index is 1000. The summed E-state index contributed by atoms with van der Waals surface area (Å²) in [5, 5.41) is 21.6. The van der Waals surface area contributed by atoms with Gasteiger partial charge in [0.2, 0.25) is 0 Å². The van der Waals surface area contributed by atoms with E-state index in [2.05, 4.69) is 46.8 Å². The number of hydrogen-bond donors (Lipinski definition) is 2. The number of aliphatic hydroxyl groups excluding tert-OH is 1. The summed E-state index contributed by atoms with van der Waals surface area (Å²) in [7, 11) is 0. The molecule has 7 unspecified atom stereocenters. The fourth-order valence-corrected chi connectivity index (χ4v) is 8.68. The van der Waals surface area contributed by atoms with Crippen molar-refractivity contribution in [3.63, 3.8) is 0 Å². The number of allylic oxidation sites excluding steroid dienone is 4. The molecule has 194 valence electrons. The van der Waals surface area contributed by atoms with E-state index in [0.29, 0.717) is 25.0 Å². The van der Waals surface area contributed by atoms with Gasteiger partial charge in [0.05, 0.1) is 12.0 Å². The van der Waals surface area contributed by atoms with Crippen LogP contribution in [0.15, 0.2) is 23.3 Å². The van der Waals surface area contributed by atoms with Crippen LogP contribution in [0.3, 0.4) is 0 Å². The first-order valence-electron chi connectivity index (χ1n) is 13.5. The lowest BCUT2D eigenvalue weighted by Gasteiger charge is -2.59. The fraction of sp³-hybridized carbons (Fsp3) is 0.767. The zero-order valence-electron chi connectivity index (χ0n) is 22.6. The van der Waals surface area contributed by atoms with Gasteiger partial charge in [-0.1, -0.05) is 60.6 Å². The third kappa shape index (κ3) is 3.62. The van der Waals surface area contributed by atoms with Gasteiger partial charge in [0.25, 0.3) is 0 Å². The van der Waals surface area contributed by atoms with E-state index in [9.17, 15) is 24.6 Å². The van der Waals surface area contributed by atoms with Crippen LogP contribution < -0.4 is 0 Å². The number of aliphatic hydroxyl groups is 1. The highest BCUT2D eigenvalue weighted by Crippen LogP contribution is 2.71. The van der Waals surface area contributed by atoms with Gasteiger partial charge in [0.1, 0.15) is 11.6 Å². The quantitative estimate of drug-likeness (QED) is 0.500. The number of aliphatic carboxylic acids is 1. The van der Waals surface area contributed by atoms with Gasteiger partial charge in [-0.3, -0.25) is 14.4 Å². The molecule has 7 atom stereocenters. The maximum Gasteiger partial charge on any atom is 0.306 e. The molecule has 4 aliphatic carbocycles. The number of carboxylic acids is 1. The van der Waals surface area contributed by atoms with E-state index in [0.717, 1.165) is 12.8 Å². The fourth-order valence-electron chi connectivity index (χ4n) is 8.68. The van der Waals surface area contributed by atoms with Crippen molar-refractivity contribution in [2.45, 2.75) is 99.5 Å². The molecule has 0 heterocycles. The molecular formula is C30H44O5. The molecular weight excluding hydrogens is 440 g/mol. The highest BCUT2D eigenvalue weighted by atomic mass is 16.4. The van der Waals surface area contributed by atoms with E-state index in [1.54, 1.807) is 0 Å². The Labute approximate surface area is 210 Å². The predicted octanol–water partition coefficient (Wildman–Crippen LogP) is 5.76. The molecule has 4 rings (SSSR count). The van der Waals surface area contributed by atoms with E-state index >= 15 is 0 Å². The smallest absolute Gasteiger partial charge is 0.306 e. The molecule has 4 aliphatic rings. The van der Waals surface area contributed by atoms with Gasteiger partial charge in [-0.2, -0.15) is 0 Å². The lowest BCUT2D eigenvalue weighted by atomic mass is 9.44. The summed E-state index contributed by atoms with van der Waals surface area (Å²) in [6, 6.07) is 0. The number of carboxylic acid groups (broad SMARTS) is 1. The van der Waals surface area contributed by atoms with Crippen molar-refractivity contribution < 1.29 is 24.6 Å². The second kappa shape index (κ2) is 8.39. The molecule has 0 saturated heterocycles. The minimum atomic E-state index is -0.914. The summed E-state index contributed by atoms with van der Waals surface area (Å²) in [5.41, 5.74) is 1.35. The average molecular weight is 485 g/mol. The van der Waals surface area contributed by atoms with E-state index in [-0.39, 0.29) is 46.7 Å². The summed E-state index contributed by atoms with van der Waals surface area (Å²) in [4.78, 5) is 37.6. The number of Topliss-reactive ketones (excluding diaryl/α,β-unsaturated/α-hetero) is 2. The van der Waals surface area contributed by atoms with E-state index in [1.807, 2.05) is 13.8 Å². The molecule has 0 aliphatic heterocycles. The van der Waals surface area contributed by atoms with Gasteiger partial charge < -0.3 is 10.2 Å². The van der Waals surface area contributed by atoms with Crippen molar-refractivity contribution in [3.8, 4) is 0 Å². The maximum atomic E-state index is 12.8. The molecule has 2 saturated carbocycles. The molecule has 2 fully saturated rings. The molecule has 0 amide bonds. The van der Waals surface area contributed by atoms with Crippen LogP contribution in [0.2, 0.25) is 0 Å². The lowest BCUT2D eigenvalue weighted by Crippen LogP contribution is -2.53. The number of fused-ring (bicyclic) bond motifs is 5. The van der Waals surface area contributed by atoms with Crippen molar-refractivity contribution in [1.29, 1.82) is 0 Å². The molecule has 0 radical (unpaired) electrons. The zero-order valence-corrected chi connectivity index (χ0v) is 22.6. The molecule has 2 N–H and O–H groups in total. The second-order valence-corrected chi connectivity index (χ2v) is 13.4. The lowest BCUT2D eigenvalue weighted by molar-refractivity contribution is -0.148. The van der Waals surface area contributed by atoms with Gasteiger partial charge in [0, 0.05) is 35.5 Å². The first-order valence-corrected chi connectivity index (χ1v) is 13.5. The van der Waals surface area contributed by atoms with Crippen molar-refractivity contribution in [3.05, 3.63) is 23.3 Å². The van der Waals surface area contributed by atoms with E-state index in [1.165, 1.54) is 11.1 Å². The number of rotatable bonds is 6. The van der Waals surface area contributed by atoms with E-state index in [4.69, 9.17) is 0 Å². The second-order valence-electron chi connectivity index (χ2n) is 13.4. The Morgan fingerprint density at radius 1 is 1.09 bits per heavy atom. The Morgan fingerprint density at radius 3 is 2.34 bits per heavy atom. The van der Waals surface area contributed by atoms with Gasteiger partial charge in [-0.25, -0.2) is 0 Å². The monoisotopic (exact) mass is 484 g/mol. The molecule has 5 nitrogen and oxygen atoms in total. The maximum absolute atomic E-state index is 12.8. The highest BCUT2D eigenvalue weighted by Gasteiger charge is 2.66. The third-order valence-electron chi connectivity index (χ3n) is 11.1. The summed E-state index contributed by atoms with van der Waals surface area (Å²) < 4.78 is 0. The van der Waals surface area contributed by atoms with Crippen LogP contribution in [0, 0.1) is 45.3 Å². The molecule has 0 spiro atoms. The number of carbonyl (C=O) groups excluding carboxylic acids is 2. The summed E-state index contributed by atoms with van der Waals surface area (Å²) in [6.45, 7) is 14.6. The molecule has 5 heteroatoms. The zero-order chi connectivity index (χ0) is 26.1. The predicted molar refractivity (Wildman–Crippen MR) is 136 cm³/mol. The van der Waals surface area contributed by atoms with Crippen molar-refractivity contribution in [2.75, 3.05) is 0 Å². The first-order chi connectivity index (χ1) is 16.1. The summed E-state index contributed by atoms with van der Waals surface area (Å²) >= 11 is 0. The molecule has 0 aromatic heterocycles. The van der Waals surface area contributed by atoms with Crippen LogP contribution in [0.5, 0.6) is 0 Å². The number of hydrogen-bond acceptors (Lipinski definition) is 4. The van der Waals surface area contributed by atoms with E-state index < -0.39 is 29.3 Å². The molecule has 0 aromatic rings. The van der Waals surface area contributed by atoms with Crippen molar-refractivity contribution in [1.82, 2.24) is 0 Å². The number of carbonyl (C=O) groups is 3. The van der Waals surface area contributed by atoms with Gasteiger partial charge in [-0.05, 0) is 60.0 Å². The normalized spacial score (nSPS) is 40.8. The molecule has 0 bridgehead atoms. The van der Waals surface area contributed by atoms with Crippen LogP contribution in [0.25, 0.3) is 0 Å². The third-order valence-corrected chi connectivity index (χ3v) is 11.1. The van der Waals surface area contributed by atoms with Gasteiger partial charge in [0.15, 0.2) is 0 Å². The van der Waals surface area contributed by atoms with Gasteiger partial charge in [-0.15, -0.1) is 0 Å². The van der Waals surface area contributed by atoms with Gasteiger partial charge >= 0.3 is 5.97 Å². The Balaban J connectivity index is 1.73. The van der Waals surface area contributed by atoms with Crippen LogP contribution in [0.1, 0.15) is 93.4 Å². The Kier molecular flexibility index (Phi) is 6.31. The summed E-state index contributed by atoms with van der Waals surface area (Å²) in [5.74, 6) is -1.54. The first kappa shape index (κ1) is 26.3. The molecule has 35 heavy (non-hydrogen) atoms. The minimum Gasteiger partial charge on any atom is -0.481 e. The standard InChI is InChI=1S/C30H44O5/c1-17(2)21(31)10-8-18(26(34)35)25-22(32)16-30(7)20-9-11-23-27(3,4)24(33)13-14-28(23,5)19(20)12-15-29(25,30)6/h9,12,17-18,22-23,25,32H,8,10-11,13-16H2,1-7H3,(H,34,35). The largest absolute Gasteiger partial charge is 0.481 e. The Hall–Kier alpha value is -1.75. The van der Waals surface area contributed by atoms with Crippen LogP contribution in [0.4, 0.5) is 0 Å². The molecule has 0 aromatic carbocycles. The average Bonchev–Trinajstić information content (AvgIpc) is 2.97. The Morgan fingerprint density at radius 2 is 1.74 bits per heavy atom. The van der Waals surface area contributed by atoms with Crippen LogP contribution >= 0.6 is 0 Å². The van der Waals surface area contributed by atoms with Crippen LogP contribution in [-0.2, 0) is 14.4 Å². The van der Waals surface area contributed by atoms with Crippen LogP contribution in [-0.4, -0.2) is 33.9 Å². The number of ketones is 2. The van der Waals surface area contributed by atoms with Crippen molar-refractivity contribution in [2.24, 2.45) is 45.3 Å². The summed E-state index contributed by atoms with van der Waals surface area (Å²) in [6.07, 6.45) is 7.90.